The molecule has 1 aliphatic carbocycles. The molecule has 0 radical (unpaired) electrons. The molecule has 1 aromatic heterocycles. The fraction of sp³-hybridized carbons (Fsp3) is 0.750. The smallest absolute Gasteiger partial charge is 0.232 e. The van der Waals surface area contributed by atoms with E-state index < -0.39 is 0 Å². The highest BCUT2D eigenvalue weighted by Crippen LogP contribution is 2.27. The van der Waals surface area contributed by atoms with Gasteiger partial charge < -0.3 is 10.1 Å². The van der Waals surface area contributed by atoms with E-state index in [1.54, 1.807) is 6.20 Å². The topological polar surface area (TPSA) is 47.0 Å². The Morgan fingerprint density at radius 3 is 2.85 bits per heavy atom. The molecule has 0 aromatic carbocycles. The maximum atomic E-state index is 6.03. The predicted octanol–water partition coefficient (Wildman–Crippen LogP) is 3.18. The lowest BCUT2D eigenvalue weighted by Crippen LogP contribution is -2.28. The summed E-state index contributed by atoms with van der Waals surface area (Å²) in [6, 6.07) is 0. The highest BCUT2D eigenvalue weighted by Gasteiger charge is 2.23. The third kappa shape index (κ3) is 4.75. The second-order valence-electron chi connectivity index (χ2n) is 6.29. The summed E-state index contributed by atoms with van der Waals surface area (Å²) in [6.07, 6.45) is 8.82. The van der Waals surface area contributed by atoms with E-state index in [9.17, 15) is 0 Å². The van der Waals surface area contributed by atoms with Gasteiger partial charge in [-0.15, -0.1) is 0 Å². The van der Waals surface area contributed by atoms with Crippen molar-refractivity contribution in [3.63, 3.8) is 0 Å². The molecule has 20 heavy (non-hydrogen) atoms. The summed E-state index contributed by atoms with van der Waals surface area (Å²) in [5, 5.41) is 3.38. The molecule has 0 bridgehead atoms. The molecule has 2 atom stereocenters. The van der Waals surface area contributed by atoms with Gasteiger partial charge in [0, 0.05) is 12.7 Å². The van der Waals surface area contributed by atoms with Crippen molar-refractivity contribution >= 4 is 0 Å². The van der Waals surface area contributed by atoms with Gasteiger partial charge in [0.15, 0.2) is 0 Å². The van der Waals surface area contributed by atoms with Crippen molar-refractivity contribution in [1.82, 2.24) is 15.3 Å². The van der Waals surface area contributed by atoms with Gasteiger partial charge in [0.1, 0.15) is 6.10 Å². The molecular formula is C16H27N3O. The third-order valence-corrected chi connectivity index (χ3v) is 3.83. The van der Waals surface area contributed by atoms with Crippen molar-refractivity contribution in [2.45, 2.75) is 59.1 Å². The highest BCUT2D eigenvalue weighted by molar-refractivity contribution is 5.09. The number of hydrogen-bond donors (Lipinski definition) is 1. The van der Waals surface area contributed by atoms with Crippen molar-refractivity contribution < 1.29 is 4.74 Å². The Hall–Kier alpha value is -1.16. The summed E-state index contributed by atoms with van der Waals surface area (Å²) < 4.78 is 6.03. The van der Waals surface area contributed by atoms with E-state index in [0.29, 0.717) is 23.8 Å². The molecule has 1 fully saturated rings. The lowest BCUT2D eigenvalue weighted by atomic mass is 9.88. The first-order chi connectivity index (χ1) is 9.65. The van der Waals surface area contributed by atoms with Gasteiger partial charge in [0.2, 0.25) is 5.88 Å². The lowest BCUT2D eigenvalue weighted by molar-refractivity contribution is 0.0968. The average molecular weight is 277 g/mol. The van der Waals surface area contributed by atoms with Crippen LogP contribution in [-0.2, 0) is 6.54 Å². The lowest BCUT2D eigenvalue weighted by Gasteiger charge is -2.28. The molecule has 4 nitrogen and oxygen atoms in total. The van der Waals surface area contributed by atoms with Crippen molar-refractivity contribution in [1.29, 1.82) is 0 Å². The van der Waals surface area contributed by atoms with Gasteiger partial charge in [-0.1, -0.05) is 27.2 Å². The third-order valence-electron chi connectivity index (χ3n) is 3.83. The molecule has 1 N–H and O–H groups in total. The molecule has 2 unspecified atom stereocenters. The van der Waals surface area contributed by atoms with Crippen LogP contribution in [0, 0.1) is 11.8 Å². The van der Waals surface area contributed by atoms with Gasteiger partial charge >= 0.3 is 0 Å². The summed E-state index contributed by atoms with van der Waals surface area (Å²) in [5.74, 6) is 1.94. The van der Waals surface area contributed by atoms with Crippen LogP contribution < -0.4 is 10.1 Å². The molecule has 112 valence electrons. The Kier molecular flexibility index (Phi) is 5.77. The Morgan fingerprint density at radius 2 is 2.10 bits per heavy atom. The summed E-state index contributed by atoms with van der Waals surface area (Å²) in [4.78, 5) is 8.80. The zero-order valence-electron chi connectivity index (χ0n) is 12.9. The van der Waals surface area contributed by atoms with E-state index in [4.69, 9.17) is 4.74 Å². The van der Waals surface area contributed by atoms with Crippen molar-refractivity contribution in [3.8, 4) is 5.88 Å². The van der Waals surface area contributed by atoms with Crippen molar-refractivity contribution in [3.05, 3.63) is 18.1 Å². The second-order valence-corrected chi connectivity index (χ2v) is 6.29. The van der Waals surface area contributed by atoms with Gasteiger partial charge in [-0.3, -0.25) is 4.98 Å². The Bertz CT molecular complexity index is 408. The number of rotatable bonds is 6. The van der Waals surface area contributed by atoms with Gasteiger partial charge in [-0.25, -0.2) is 4.98 Å². The molecule has 1 heterocycles. The largest absolute Gasteiger partial charge is 0.473 e. The van der Waals surface area contributed by atoms with Gasteiger partial charge in [-0.05, 0) is 37.6 Å². The van der Waals surface area contributed by atoms with E-state index in [1.807, 2.05) is 6.20 Å². The minimum Gasteiger partial charge on any atom is -0.473 e. The molecule has 0 amide bonds. The van der Waals surface area contributed by atoms with Crippen LogP contribution in [-0.4, -0.2) is 22.6 Å². The van der Waals surface area contributed by atoms with Gasteiger partial charge in [0.25, 0.3) is 0 Å². The molecule has 1 aliphatic rings. The monoisotopic (exact) mass is 277 g/mol. The Morgan fingerprint density at radius 1 is 1.30 bits per heavy atom. The van der Waals surface area contributed by atoms with Crippen LogP contribution in [0.5, 0.6) is 5.88 Å². The normalized spacial score (nSPS) is 23.0. The van der Waals surface area contributed by atoms with Crippen LogP contribution in [0.4, 0.5) is 0 Å². The Labute approximate surface area is 122 Å². The number of nitrogens with zero attached hydrogens (tertiary/aromatic N) is 2. The Balaban J connectivity index is 1.88. The first kappa shape index (κ1) is 15.2. The van der Waals surface area contributed by atoms with Gasteiger partial charge in [-0.2, -0.15) is 0 Å². The van der Waals surface area contributed by atoms with Crippen LogP contribution in [0.15, 0.2) is 12.4 Å². The first-order valence-electron chi connectivity index (χ1n) is 7.83. The van der Waals surface area contributed by atoms with Crippen LogP contribution in [0.2, 0.25) is 0 Å². The van der Waals surface area contributed by atoms with Crippen molar-refractivity contribution in [2.75, 3.05) is 6.54 Å². The molecule has 0 spiro atoms. The van der Waals surface area contributed by atoms with Crippen molar-refractivity contribution in [2.24, 2.45) is 11.8 Å². The maximum Gasteiger partial charge on any atom is 0.232 e. The number of ether oxygens (including phenoxy) is 1. The van der Waals surface area contributed by atoms with E-state index in [2.05, 4.69) is 36.1 Å². The molecule has 1 saturated carbocycles. The number of nitrogens with one attached hydrogen (secondary N) is 1. The van der Waals surface area contributed by atoms with E-state index in [0.717, 1.165) is 25.2 Å². The second kappa shape index (κ2) is 7.58. The molecule has 2 rings (SSSR count). The predicted molar refractivity (Wildman–Crippen MR) is 80.6 cm³/mol. The maximum absolute atomic E-state index is 6.03. The quantitative estimate of drug-likeness (QED) is 0.867. The summed E-state index contributed by atoms with van der Waals surface area (Å²) in [7, 11) is 0. The minimum atomic E-state index is 0.303. The SMILES string of the molecule is CC(C)CNCc1cncc(OC2CCCCC2C)n1. The molecular weight excluding hydrogens is 250 g/mol. The van der Waals surface area contributed by atoms with E-state index >= 15 is 0 Å². The van der Waals surface area contributed by atoms with Crippen LogP contribution in [0.1, 0.15) is 52.1 Å². The summed E-state index contributed by atoms with van der Waals surface area (Å²) in [5.41, 5.74) is 0.951. The van der Waals surface area contributed by atoms with E-state index in [-0.39, 0.29) is 0 Å². The van der Waals surface area contributed by atoms with Crippen LogP contribution >= 0.6 is 0 Å². The fourth-order valence-electron chi connectivity index (χ4n) is 2.63. The zero-order chi connectivity index (χ0) is 14.4. The molecule has 1 aromatic rings. The van der Waals surface area contributed by atoms with Crippen LogP contribution in [0.25, 0.3) is 0 Å². The van der Waals surface area contributed by atoms with Gasteiger partial charge in [0.05, 0.1) is 11.9 Å². The minimum absolute atomic E-state index is 0.303. The molecule has 0 saturated heterocycles. The summed E-state index contributed by atoms with van der Waals surface area (Å²) >= 11 is 0. The molecule has 4 heteroatoms. The fourth-order valence-corrected chi connectivity index (χ4v) is 2.63. The standard InChI is InChI=1S/C16H27N3O/c1-12(2)8-17-9-14-10-18-11-16(19-14)20-15-7-5-4-6-13(15)3/h10-13,15,17H,4-9H2,1-3H3. The van der Waals surface area contributed by atoms with Crippen LogP contribution in [0.3, 0.4) is 0 Å². The van der Waals surface area contributed by atoms with E-state index in [1.165, 1.54) is 19.3 Å². The summed E-state index contributed by atoms with van der Waals surface area (Å²) in [6.45, 7) is 8.41. The zero-order valence-corrected chi connectivity index (χ0v) is 12.9. The first-order valence-corrected chi connectivity index (χ1v) is 7.83. The number of aromatic nitrogens is 2. The molecule has 0 aliphatic heterocycles. The number of hydrogen-bond acceptors (Lipinski definition) is 4. The average Bonchev–Trinajstić information content (AvgIpc) is 2.41. The highest BCUT2D eigenvalue weighted by atomic mass is 16.5.